The lowest BCUT2D eigenvalue weighted by Crippen LogP contribution is -2.29. The number of fused-ring (bicyclic) bond motifs is 1. The summed E-state index contributed by atoms with van der Waals surface area (Å²) in [6.07, 6.45) is 6.27. The maximum atomic E-state index is 12.4. The third-order valence-corrected chi connectivity index (χ3v) is 4.36. The van der Waals surface area contributed by atoms with E-state index in [9.17, 15) is 9.59 Å². The lowest BCUT2D eigenvalue weighted by atomic mass is 10.1. The lowest BCUT2D eigenvalue weighted by Gasteiger charge is -2.08. The maximum Gasteiger partial charge on any atom is 0.275 e. The first kappa shape index (κ1) is 17.9. The molecule has 0 aliphatic carbocycles. The number of benzene rings is 2. The van der Waals surface area contributed by atoms with Gasteiger partial charge in [-0.05, 0) is 36.6 Å². The van der Waals surface area contributed by atoms with Crippen LogP contribution in [0.1, 0.15) is 31.7 Å². The zero-order chi connectivity index (χ0) is 18.4. The van der Waals surface area contributed by atoms with Crippen molar-refractivity contribution in [3.05, 3.63) is 70.6 Å². The van der Waals surface area contributed by atoms with Crippen LogP contribution in [0.5, 0.6) is 0 Å². The highest BCUT2D eigenvalue weighted by atomic mass is 16.2. The second kappa shape index (κ2) is 8.43. The van der Waals surface area contributed by atoms with Gasteiger partial charge >= 0.3 is 0 Å². The van der Waals surface area contributed by atoms with Crippen LogP contribution >= 0.6 is 0 Å². The minimum Gasteiger partial charge on any atom is -0.324 e. The Morgan fingerprint density at radius 3 is 2.62 bits per heavy atom. The van der Waals surface area contributed by atoms with Crippen LogP contribution < -0.4 is 10.9 Å². The number of unbranched alkanes of at least 4 members (excludes halogenated alkanes) is 2. The monoisotopic (exact) mass is 349 g/mol. The van der Waals surface area contributed by atoms with Crippen LogP contribution in [-0.2, 0) is 17.8 Å². The van der Waals surface area contributed by atoms with Gasteiger partial charge in [0.1, 0.15) is 6.54 Å². The number of amides is 1. The molecule has 0 fully saturated rings. The molecule has 1 N–H and O–H groups in total. The summed E-state index contributed by atoms with van der Waals surface area (Å²) in [6, 6.07) is 15.1. The molecule has 5 heteroatoms. The molecule has 0 unspecified atom stereocenters. The van der Waals surface area contributed by atoms with Crippen LogP contribution in [0.2, 0.25) is 0 Å². The van der Waals surface area contributed by atoms with E-state index >= 15 is 0 Å². The third kappa shape index (κ3) is 4.36. The molecule has 0 saturated heterocycles. The van der Waals surface area contributed by atoms with E-state index in [1.54, 1.807) is 18.3 Å². The highest BCUT2D eigenvalue weighted by Crippen LogP contribution is 2.12. The zero-order valence-electron chi connectivity index (χ0n) is 14.9. The molecule has 0 radical (unpaired) electrons. The number of aromatic nitrogens is 2. The average molecular weight is 349 g/mol. The normalized spacial score (nSPS) is 10.8. The highest BCUT2D eigenvalue weighted by molar-refractivity contribution is 5.90. The summed E-state index contributed by atoms with van der Waals surface area (Å²) in [5.74, 6) is -0.270. The van der Waals surface area contributed by atoms with Crippen LogP contribution in [0.25, 0.3) is 10.8 Å². The molecule has 134 valence electrons. The summed E-state index contributed by atoms with van der Waals surface area (Å²) in [5, 5.41) is 8.24. The molecule has 3 rings (SSSR count). The number of carbonyl (C=O) groups excluding carboxylic acids is 1. The third-order valence-electron chi connectivity index (χ3n) is 4.36. The van der Waals surface area contributed by atoms with Gasteiger partial charge in [-0.3, -0.25) is 9.59 Å². The molecule has 1 amide bonds. The summed E-state index contributed by atoms with van der Waals surface area (Å²) in [7, 11) is 0. The van der Waals surface area contributed by atoms with E-state index < -0.39 is 0 Å². The number of carbonyl (C=O) groups is 1. The van der Waals surface area contributed by atoms with Crippen molar-refractivity contribution in [1.29, 1.82) is 0 Å². The molecule has 0 saturated carbocycles. The summed E-state index contributed by atoms with van der Waals surface area (Å²) >= 11 is 0. The zero-order valence-corrected chi connectivity index (χ0v) is 14.9. The molecule has 2 aromatic carbocycles. The van der Waals surface area contributed by atoms with Gasteiger partial charge in [0, 0.05) is 11.1 Å². The SMILES string of the molecule is CCCCCc1ccc(NC(=O)Cn2ncc3ccccc3c2=O)cc1. The van der Waals surface area contributed by atoms with Gasteiger partial charge in [-0.2, -0.15) is 5.10 Å². The first-order valence-corrected chi connectivity index (χ1v) is 9.01. The Morgan fingerprint density at radius 1 is 1.08 bits per heavy atom. The predicted octanol–water partition coefficient (Wildman–Crippen LogP) is 3.77. The number of anilines is 1. The van der Waals surface area contributed by atoms with E-state index in [-0.39, 0.29) is 18.0 Å². The lowest BCUT2D eigenvalue weighted by molar-refractivity contribution is -0.117. The van der Waals surface area contributed by atoms with Gasteiger partial charge in [0.25, 0.3) is 5.56 Å². The smallest absolute Gasteiger partial charge is 0.275 e. The van der Waals surface area contributed by atoms with E-state index in [0.29, 0.717) is 5.39 Å². The Balaban J connectivity index is 1.64. The molecule has 0 atom stereocenters. The van der Waals surface area contributed by atoms with Crippen LogP contribution in [0.4, 0.5) is 5.69 Å². The molecule has 0 spiro atoms. The molecular formula is C21H23N3O2. The second-order valence-corrected chi connectivity index (χ2v) is 6.40. The van der Waals surface area contributed by atoms with Crippen molar-refractivity contribution in [3.8, 4) is 0 Å². The van der Waals surface area contributed by atoms with Crippen LogP contribution in [0.3, 0.4) is 0 Å². The molecule has 5 nitrogen and oxygen atoms in total. The minimum absolute atomic E-state index is 0.109. The van der Waals surface area contributed by atoms with Gasteiger partial charge in [-0.1, -0.05) is 50.1 Å². The Kier molecular flexibility index (Phi) is 5.79. The van der Waals surface area contributed by atoms with Crippen molar-refractivity contribution in [2.24, 2.45) is 0 Å². The van der Waals surface area contributed by atoms with Crippen molar-refractivity contribution in [3.63, 3.8) is 0 Å². The van der Waals surface area contributed by atoms with Gasteiger partial charge in [-0.25, -0.2) is 4.68 Å². The topological polar surface area (TPSA) is 64.0 Å². The number of hydrogen-bond donors (Lipinski definition) is 1. The van der Waals surface area contributed by atoms with E-state index in [1.165, 1.54) is 29.5 Å². The molecule has 0 aliphatic rings. The Bertz CT molecular complexity index is 945. The van der Waals surface area contributed by atoms with E-state index in [4.69, 9.17) is 0 Å². The summed E-state index contributed by atoms with van der Waals surface area (Å²) in [5.41, 5.74) is 1.73. The Labute approximate surface area is 152 Å². The van der Waals surface area contributed by atoms with Crippen molar-refractivity contribution in [2.45, 2.75) is 39.2 Å². The maximum absolute atomic E-state index is 12.4. The summed E-state index contributed by atoms with van der Waals surface area (Å²) in [6.45, 7) is 2.08. The van der Waals surface area contributed by atoms with Gasteiger partial charge in [0.15, 0.2) is 0 Å². The number of nitrogens with zero attached hydrogens (tertiary/aromatic N) is 2. The average Bonchev–Trinajstić information content (AvgIpc) is 2.66. The van der Waals surface area contributed by atoms with Gasteiger partial charge in [0.05, 0.1) is 11.6 Å². The van der Waals surface area contributed by atoms with Crippen LogP contribution in [-0.4, -0.2) is 15.7 Å². The number of nitrogens with one attached hydrogen (secondary N) is 1. The predicted molar refractivity (Wildman–Crippen MR) is 104 cm³/mol. The standard InChI is InChI=1S/C21H23N3O2/c1-2-3-4-7-16-10-12-18(13-11-16)23-20(25)15-24-21(26)19-9-6-5-8-17(19)14-22-24/h5-6,8-14H,2-4,7,15H2,1H3,(H,23,25). The fourth-order valence-corrected chi connectivity index (χ4v) is 2.91. The van der Waals surface area contributed by atoms with Crippen LogP contribution in [0, 0.1) is 0 Å². The fraction of sp³-hybridized carbons (Fsp3) is 0.286. The van der Waals surface area contributed by atoms with Gasteiger partial charge in [-0.15, -0.1) is 0 Å². The van der Waals surface area contributed by atoms with Crippen molar-refractivity contribution in [2.75, 3.05) is 5.32 Å². The van der Waals surface area contributed by atoms with Gasteiger partial charge in [0.2, 0.25) is 5.91 Å². The molecule has 1 heterocycles. The summed E-state index contributed by atoms with van der Waals surface area (Å²) < 4.78 is 1.19. The van der Waals surface area contributed by atoms with E-state index in [2.05, 4.69) is 17.3 Å². The quantitative estimate of drug-likeness (QED) is 0.661. The number of hydrogen-bond acceptors (Lipinski definition) is 3. The Hall–Kier alpha value is -2.95. The molecule has 26 heavy (non-hydrogen) atoms. The van der Waals surface area contributed by atoms with Crippen molar-refractivity contribution in [1.82, 2.24) is 9.78 Å². The number of aryl methyl sites for hydroxylation is 1. The molecule has 3 aromatic rings. The van der Waals surface area contributed by atoms with Crippen LogP contribution in [0.15, 0.2) is 59.5 Å². The molecule has 0 aliphatic heterocycles. The molecular weight excluding hydrogens is 326 g/mol. The molecule has 0 bridgehead atoms. The minimum atomic E-state index is -0.270. The first-order chi connectivity index (χ1) is 12.7. The fourth-order valence-electron chi connectivity index (χ4n) is 2.91. The van der Waals surface area contributed by atoms with Gasteiger partial charge < -0.3 is 5.32 Å². The van der Waals surface area contributed by atoms with E-state index in [0.717, 1.165) is 17.5 Å². The molecule has 1 aromatic heterocycles. The van der Waals surface area contributed by atoms with Crippen molar-refractivity contribution >= 4 is 22.4 Å². The van der Waals surface area contributed by atoms with Crippen molar-refractivity contribution < 1.29 is 4.79 Å². The number of rotatable bonds is 7. The first-order valence-electron chi connectivity index (χ1n) is 9.01. The summed E-state index contributed by atoms with van der Waals surface area (Å²) in [4.78, 5) is 24.7. The van der Waals surface area contributed by atoms with E-state index in [1.807, 2.05) is 36.4 Å². The largest absolute Gasteiger partial charge is 0.324 e. The highest BCUT2D eigenvalue weighted by Gasteiger charge is 2.08. The second-order valence-electron chi connectivity index (χ2n) is 6.40. The Morgan fingerprint density at radius 2 is 1.85 bits per heavy atom.